The van der Waals surface area contributed by atoms with Gasteiger partial charge in [0.15, 0.2) is 5.17 Å². The molecule has 1 aliphatic rings. The van der Waals surface area contributed by atoms with Crippen LogP contribution < -0.4 is 5.32 Å². The van der Waals surface area contributed by atoms with Gasteiger partial charge in [-0.05, 0) is 18.9 Å². The lowest BCUT2D eigenvalue weighted by molar-refractivity contribution is 0.711. The average Bonchev–Trinajstić information content (AvgIpc) is 3.17. The van der Waals surface area contributed by atoms with E-state index in [9.17, 15) is 0 Å². The molecule has 2 aromatic rings. The second-order valence-electron chi connectivity index (χ2n) is 5.06. The first kappa shape index (κ1) is 14.6. The summed E-state index contributed by atoms with van der Waals surface area (Å²) in [5.41, 5.74) is 1.29. The van der Waals surface area contributed by atoms with Gasteiger partial charge in [-0.2, -0.15) is 0 Å². The van der Waals surface area contributed by atoms with Crippen molar-refractivity contribution in [2.75, 3.05) is 5.75 Å². The molecule has 21 heavy (non-hydrogen) atoms. The number of benzene rings is 1. The summed E-state index contributed by atoms with van der Waals surface area (Å²) in [5.74, 6) is 1.01. The Morgan fingerprint density at radius 1 is 1.33 bits per heavy atom. The topological polar surface area (TPSA) is 37.3 Å². The van der Waals surface area contributed by atoms with E-state index >= 15 is 0 Å². The van der Waals surface area contributed by atoms with Gasteiger partial charge in [-0.3, -0.25) is 4.99 Å². The number of aromatic nitrogens is 1. The molecule has 2 atom stereocenters. The van der Waals surface area contributed by atoms with Gasteiger partial charge in [-0.1, -0.05) is 49.0 Å². The summed E-state index contributed by atoms with van der Waals surface area (Å²) in [6.07, 6.45) is 3.03. The Morgan fingerprint density at radius 3 is 2.86 bits per heavy atom. The summed E-state index contributed by atoms with van der Waals surface area (Å²) < 4.78 is 0. The largest absolute Gasteiger partial charge is 0.356 e. The number of nitrogens with zero attached hydrogens (tertiary/aromatic N) is 2. The average molecular weight is 317 g/mol. The second-order valence-corrected chi connectivity index (χ2v) is 7.21. The molecule has 5 heteroatoms. The third-order valence-corrected chi connectivity index (χ3v) is 5.77. The van der Waals surface area contributed by atoms with Crippen LogP contribution in [0.2, 0.25) is 0 Å². The molecule has 0 saturated carbocycles. The summed E-state index contributed by atoms with van der Waals surface area (Å²) in [5, 5.41) is 5.66. The molecule has 1 aliphatic heterocycles. The molecule has 1 aromatic carbocycles. The van der Waals surface area contributed by atoms with Crippen LogP contribution in [-0.2, 0) is 6.42 Å². The summed E-state index contributed by atoms with van der Waals surface area (Å²) in [4.78, 5) is 10.6. The third kappa shape index (κ3) is 3.47. The Bertz CT molecular complexity index is 621. The van der Waals surface area contributed by atoms with Crippen LogP contribution in [0.1, 0.15) is 41.4 Å². The van der Waals surface area contributed by atoms with Crippen molar-refractivity contribution in [3.8, 4) is 0 Å². The molecule has 0 saturated heterocycles. The van der Waals surface area contributed by atoms with E-state index in [2.05, 4.69) is 48.4 Å². The maximum Gasteiger partial charge on any atom is 0.157 e. The van der Waals surface area contributed by atoms with Gasteiger partial charge in [-0.25, -0.2) is 4.98 Å². The third-order valence-electron chi connectivity index (χ3n) is 3.47. The number of hydrogen-bond donors (Lipinski definition) is 1. The minimum Gasteiger partial charge on any atom is -0.356 e. The van der Waals surface area contributed by atoms with Gasteiger partial charge < -0.3 is 5.32 Å². The SMILES string of the molecule is CCc1cnc(C(C)NC2=NC(c3ccccc3)CS2)s1. The van der Waals surface area contributed by atoms with E-state index in [-0.39, 0.29) is 12.1 Å². The van der Waals surface area contributed by atoms with Crippen LogP contribution in [0.5, 0.6) is 0 Å². The fourth-order valence-electron chi connectivity index (χ4n) is 2.23. The predicted molar refractivity (Wildman–Crippen MR) is 92.1 cm³/mol. The minimum atomic E-state index is 0.219. The van der Waals surface area contributed by atoms with Crippen LogP contribution in [0.25, 0.3) is 0 Å². The predicted octanol–water partition coefficient (Wildman–Crippen LogP) is 4.20. The number of amidine groups is 1. The summed E-state index contributed by atoms with van der Waals surface area (Å²) in [7, 11) is 0. The zero-order chi connectivity index (χ0) is 14.7. The molecular weight excluding hydrogens is 298 g/mol. The number of thiazole rings is 1. The zero-order valence-corrected chi connectivity index (χ0v) is 13.9. The van der Waals surface area contributed by atoms with E-state index in [1.807, 2.05) is 12.3 Å². The number of rotatable bonds is 4. The zero-order valence-electron chi connectivity index (χ0n) is 12.2. The van der Waals surface area contributed by atoms with Gasteiger partial charge in [0.05, 0.1) is 12.1 Å². The highest BCUT2D eigenvalue weighted by atomic mass is 32.2. The van der Waals surface area contributed by atoms with Crippen LogP contribution in [0.4, 0.5) is 0 Å². The monoisotopic (exact) mass is 317 g/mol. The molecule has 3 nitrogen and oxygen atoms in total. The Labute approximate surface area is 133 Å². The molecule has 110 valence electrons. The smallest absolute Gasteiger partial charge is 0.157 e. The lowest BCUT2D eigenvalue weighted by Gasteiger charge is -2.11. The van der Waals surface area contributed by atoms with Gasteiger partial charge in [0, 0.05) is 16.8 Å². The molecule has 0 fully saturated rings. The molecule has 0 aliphatic carbocycles. The van der Waals surface area contributed by atoms with E-state index in [1.165, 1.54) is 10.4 Å². The maximum atomic E-state index is 4.80. The van der Waals surface area contributed by atoms with E-state index in [0.29, 0.717) is 0 Å². The Balaban J connectivity index is 1.65. The lowest BCUT2D eigenvalue weighted by Crippen LogP contribution is -2.22. The second kappa shape index (κ2) is 6.62. The number of aliphatic imine (C=N–C) groups is 1. The van der Waals surface area contributed by atoms with Crippen molar-refractivity contribution in [1.29, 1.82) is 0 Å². The van der Waals surface area contributed by atoms with Crippen molar-refractivity contribution in [3.63, 3.8) is 0 Å². The van der Waals surface area contributed by atoms with E-state index in [1.54, 1.807) is 23.1 Å². The van der Waals surface area contributed by atoms with E-state index in [4.69, 9.17) is 4.99 Å². The van der Waals surface area contributed by atoms with Crippen LogP contribution in [0.15, 0.2) is 41.5 Å². The Kier molecular flexibility index (Phi) is 4.60. The van der Waals surface area contributed by atoms with Crippen molar-refractivity contribution in [2.45, 2.75) is 32.4 Å². The number of thioether (sulfide) groups is 1. The fraction of sp³-hybridized carbons (Fsp3) is 0.375. The van der Waals surface area contributed by atoms with Gasteiger partial charge in [0.1, 0.15) is 5.01 Å². The first-order valence-corrected chi connectivity index (χ1v) is 9.03. The summed E-state index contributed by atoms with van der Waals surface area (Å²) >= 11 is 3.58. The molecule has 1 aromatic heterocycles. The van der Waals surface area contributed by atoms with E-state index in [0.717, 1.165) is 22.3 Å². The minimum absolute atomic E-state index is 0.219. The van der Waals surface area contributed by atoms with Crippen LogP contribution in [0.3, 0.4) is 0 Å². The molecular formula is C16H19N3S2. The first-order chi connectivity index (χ1) is 10.3. The Morgan fingerprint density at radius 2 is 2.14 bits per heavy atom. The molecule has 0 bridgehead atoms. The molecule has 2 unspecified atom stereocenters. The Hall–Kier alpha value is -1.33. The first-order valence-electron chi connectivity index (χ1n) is 7.23. The lowest BCUT2D eigenvalue weighted by atomic mass is 10.1. The van der Waals surface area contributed by atoms with Crippen LogP contribution in [0, 0.1) is 0 Å². The van der Waals surface area contributed by atoms with Crippen molar-refractivity contribution in [1.82, 2.24) is 10.3 Å². The molecule has 1 N–H and O–H groups in total. The van der Waals surface area contributed by atoms with Crippen molar-refractivity contribution >= 4 is 28.3 Å². The quantitative estimate of drug-likeness (QED) is 0.918. The van der Waals surface area contributed by atoms with Gasteiger partial charge >= 0.3 is 0 Å². The van der Waals surface area contributed by atoms with Gasteiger partial charge in [-0.15, -0.1) is 11.3 Å². The van der Waals surface area contributed by atoms with Crippen LogP contribution in [-0.4, -0.2) is 15.9 Å². The van der Waals surface area contributed by atoms with Crippen molar-refractivity contribution < 1.29 is 0 Å². The standard InChI is InChI=1S/C16H19N3S2/c1-3-13-9-17-15(21-13)11(2)18-16-19-14(10-20-16)12-7-5-4-6-8-12/h4-9,11,14H,3,10H2,1-2H3,(H,18,19). The highest BCUT2D eigenvalue weighted by Crippen LogP contribution is 2.30. The van der Waals surface area contributed by atoms with Gasteiger partial charge in [0.2, 0.25) is 0 Å². The molecule has 3 rings (SSSR count). The van der Waals surface area contributed by atoms with Gasteiger partial charge in [0.25, 0.3) is 0 Å². The number of aryl methyl sites for hydroxylation is 1. The van der Waals surface area contributed by atoms with Crippen molar-refractivity contribution in [2.24, 2.45) is 4.99 Å². The molecule has 0 spiro atoms. The molecule has 2 heterocycles. The highest BCUT2D eigenvalue weighted by Gasteiger charge is 2.21. The van der Waals surface area contributed by atoms with E-state index < -0.39 is 0 Å². The van der Waals surface area contributed by atoms with Crippen molar-refractivity contribution in [3.05, 3.63) is 52.0 Å². The normalized spacial score (nSPS) is 19.3. The highest BCUT2D eigenvalue weighted by molar-refractivity contribution is 8.14. The number of nitrogens with one attached hydrogen (secondary N) is 1. The molecule has 0 radical (unpaired) electrons. The maximum absolute atomic E-state index is 4.80. The summed E-state index contributed by atoms with van der Waals surface area (Å²) in [6, 6.07) is 11.0. The van der Waals surface area contributed by atoms with Crippen LogP contribution >= 0.6 is 23.1 Å². The fourth-order valence-corrected chi connectivity index (χ4v) is 4.14. The number of hydrogen-bond acceptors (Lipinski definition) is 5. The summed E-state index contributed by atoms with van der Waals surface area (Å²) in [6.45, 7) is 4.31. The molecule has 0 amide bonds.